The van der Waals surface area contributed by atoms with Crippen LogP contribution in [0.5, 0.6) is 0 Å². The molecule has 3 heteroatoms. The highest BCUT2D eigenvalue weighted by Gasteiger charge is 2.23. The molecule has 2 aliphatic heterocycles. The van der Waals surface area contributed by atoms with Crippen molar-refractivity contribution in [1.82, 2.24) is 4.90 Å². The molecule has 2 rings (SSSR count). The SMILES string of the molecule is CN1CCOC(C[N+]2=CCCC2)C1. The van der Waals surface area contributed by atoms with Crippen LogP contribution >= 0.6 is 0 Å². The van der Waals surface area contributed by atoms with Crippen LogP contribution in [0.1, 0.15) is 12.8 Å². The lowest BCUT2D eigenvalue weighted by Gasteiger charge is -2.28. The van der Waals surface area contributed by atoms with E-state index in [9.17, 15) is 0 Å². The van der Waals surface area contributed by atoms with Crippen LogP contribution in [0, 0.1) is 0 Å². The highest BCUT2D eigenvalue weighted by Crippen LogP contribution is 2.05. The van der Waals surface area contributed by atoms with Gasteiger partial charge in [0.05, 0.1) is 6.61 Å². The van der Waals surface area contributed by atoms with Crippen molar-refractivity contribution >= 4 is 6.21 Å². The van der Waals surface area contributed by atoms with E-state index in [0.717, 1.165) is 26.2 Å². The van der Waals surface area contributed by atoms with E-state index in [4.69, 9.17) is 4.74 Å². The van der Waals surface area contributed by atoms with Crippen LogP contribution in [0.25, 0.3) is 0 Å². The summed E-state index contributed by atoms with van der Waals surface area (Å²) < 4.78 is 8.11. The van der Waals surface area contributed by atoms with Crippen LogP contribution < -0.4 is 0 Å². The third kappa shape index (κ3) is 2.51. The number of hydrogen-bond donors (Lipinski definition) is 0. The number of morpholine rings is 1. The van der Waals surface area contributed by atoms with Gasteiger partial charge in [0.25, 0.3) is 0 Å². The number of hydrogen-bond acceptors (Lipinski definition) is 2. The normalized spacial score (nSPS) is 30.5. The molecule has 3 nitrogen and oxygen atoms in total. The number of likely N-dealkylation sites (N-methyl/N-ethyl adjacent to an activating group) is 1. The summed E-state index contributed by atoms with van der Waals surface area (Å²) in [6.45, 7) is 5.38. The summed E-state index contributed by atoms with van der Waals surface area (Å²) in [5.74, 6) is 0. The maximum Gasteiger partial charge on any atom is 0.169 e. The van der Waals surface area contributed by atoms with Gasteiger partial charge in [0, 0.05) is 25.9 Å². The van der Waals surface area contributed by atoms with Gasteiger partial charge in [-0.1, -0.05) is 0 Å². The van der Waals surface area contributed by atoms with Crippen molar-refractivity contribution < 1.29 is 9.31 Å². The van der Waals surface area contributed by atoms with Crippen LogP contribution in [-0.4, -0.2) is 61.6 Å². The van der Waals surface area contributed by atoms with Gasteiger partial charge in [-0.2, -0.15) is 0 Å². The van der Waals surface area contributed by atoms with E-state index in [1.54, 1.807) is 0 Å². The largest absolute Gasteiger partial charge is 0.369 e. The standard InChI is InChI=1S/C10H19N2O/c1-11-6-7-13-10(8-11)9-12-4-2-3-5-12/h4,10H,2-3,5-9H2,1H3/q+1. The van der Waals surface area contributed by atoms with Crippen LogP contribution in [0.15, 0.2) is 0 Å². The Labute approximate surface area is 80.0 Å². The quantitative estimate of drug-likeness (QED) is 0.568. The number of nitrogens with zero attached hydrogens (tertiary/aromatic N) is 2. The lowest BCUT2D eigenvalue weighted by Crippen LogP contribution is -2.43. The van der Waals surface area contributed by atoms with E-state index in [1.807, 2.05) is 0 Å². The smallest absolute Gasteiger partial charge is 0.169 e. The average Bonchev–Trinajstić information content (AvgIpc) is 2.57. The Morgan fingerprint density at radius 1 is 1.62 bits per heavy atom. The van der Waals surface area contributed by atoms with Crippen LogP contribution in [0.2, 0.25) is 0 Å². The van der Waals surface area contributed by atoms with Gasteiger partial charge >= 0.3 is 0 Å². The average molecular weight is 183 g/mol. The minimum atomic E-state index is 0.424. The minimum Gasteiger partial charge on any atom is -0.369 e. The van der Waals surface area contributed by atoms with Crippen molar-refractivity contribution in [3.05, 3.63) is 0 Å². The molecule has 0 amide bonds. The third-order valence-corrected chi connectivity index (χ3v) is 2.82. The molecule has 0 N–H and O–H groups in total. The Morgan fingerprint density at radius 2 is 2.54 bits per heavy atom. The van der Waals surface area contributed by atoms with Crippen LogP contribution in [-0.2, 0) is 4.74 Å². The maximum absolute atomic E-state index is 5.71. The molecule has 0 spiro atoms. The summed E-state index contributed by atoms with van der Waals surface area (Å²) in [4.78, 5) is 2.35. The predicted molar refractivity (Wildman–Crippen MR) is 52.5 cm³/mol. The molecular formula is C10H19N2O+. The first-order valence-corrected chi connectivity index (χ1v) is 5.22. The molecule has 1 atom stereocenters. The molecule has 0 aromatic heterocycles. The topological polar surface area (TPSA) is 15.5 Å². The van der Waals surface area contributed by atoms with Gasteiger partial charge in [0.2, 0.25) is 0 Å². The first-order valence-electron chi connectivity index (χ1n) is 5.22. The Kier molecular flexibility index (Phi) is 2.96. The molecule has 13 heavy (non-hydrogen) atoms. The van der Waals surface area contributed by atoms with Crippen LogP contribution in [0.3, 0.4) is 0 Å². The zero-order valence-corrected chi connectivity index (χ0v) is 8.41. The van der Waals surface area contributed by atoms with E-state index >= 15 is 0 Å². The van der Waals surface area contributed by atoms with Gasteiger partial charge in [-0.05, 0) is 7.05 Å². The van der Waals surface area contributed by atoms with E-state index < -0.39 is 0 Å². The van der Waals surface area contributed by atoms with Gasteiger partial charge in [-0.15, -0.1) is 0 Å². The fraction of sp³-hybridized carbons (Fsp3) is 0.900. The van der Waals surface area contributed by atoms with E-state index in [0.29, 0.717) is 6.10 Å². The van der Waals surface area contributed by atoms with Crippen molar-refractivity contribution in [1.29, 1.82) is 0 Å². The van der Waals surface area contributed by atoms with Gasteiger partial charge in [0.15, 0.2) is 6.54 Å². The second-order valence-electron chi connectivity index (χ2n) is 4.07. The lowest BCUT2D eigenvalue weighted by molar-refractivity contribution is -0.526. The number of ether oxygens (including phenoxy) is 1. The molecule has 0 aromatic rings. The van der Waals surface area contributed by atoms with Crippen molar-refractivity contribution in [3.63, 3.8) is 0 Å². The summed E-state index contributed by atoms with van der Waals surface area (Å²) in [5.41, 5.74) is 0. The summed E-state index contributed by atoms with van der Waals surface area (Å²) >= 11 is 0. The van der Waals surface area contributed by atoms with Crippen molar-refractivity contribution in [2.45, 2.75) is 18.9 Å². The summed E-state index contributed by atoms with van der Waals surface area (Å²) in [6, 6.07) is 0. The number of rotatable bonds is 2. The molecule has 1 fully saturated rings. The molecule has 0 bridgehead atoms. The molecule has 2 heterocycles. The van der Waals surface area contributed by atoms with Gasteiger partial charge in [0.1, 0.15) is 18.9 Å². The zero-order chi connectivity index (χ0) is 9.10. The second-order valence-corrected chi connectivity index (χ2v) is 4.07. The summed E-state index contributed by atoms with van der Waals surface area (Å²) in [5, 5.41) is 0. The fourth-order valence-electron chi connectivity index (χ4n) is 2.06. The Bertz CT molecular complexity index is 203. The molecule has 0 aliphatic carbocycles. The molecule has 1 unspecified atom stereocenters. The van der Waals surface area contributed by atoms with Gasteiger partial charge in [-0.3, -0.25) is 0 Å². The lowest BCUT2D eigenvalue weighted by atomic mass is 10.3. The van der Waals surface area contributed by atoms with Crippen molar-refractivity contribution in [3.8, 4) is 0 Å². The van der Waals surface area contributed by atoms with Gasteiger partial charge in [-0.25, -0.2) is 4.58 Å². The van der Waals surface area contributed by atoms with E-state index in [1.165, 1.54) is 19.4 Å². The van der Waals surface area contributed by atoms with Crippen molar-refractivity contribution in [2.24, 2.45) is 0 Å². The fourth-order valence-corrected chi connectivity index (χ4v) is 2.06. The third-order valence-electron chi connectivity index (χ3n) is 2.82. The molecule has 74 valence electrons. The molecule has 0 radical (unpaired) electrons. The minimum absolute atomic E-state index is 0.424. The second kappa shape index (κ2) is 4.20. The summed E-state index contributed by atoms with van der Waals surface area (Å²) in [6.07, 6.45) is 5.32. The first-order chi connectivity index (χ1) is 6.34. The van der Waals surface area contributed by atoms with E-state index in [-0.39, 0.29) is 0 Å². The Morgan fingerprint density at radius 3 is 3.23 bits per heavy atom. The first kappa shape index (κ1) is 9.16. The molecular weight excluding hydrogens is 164 g/mol. The molecule has 0 saturated carbocycles. The highest BCUT2D eigenvalue weighted by atomic mass is 16.5. The zero-order valence-electron chi connectivity index (χ0n) is 8.41. The van der Waals surface area contributed by atoms with E-state index in [2.05, 4.69) is 22.7 Å². The predicted octanol–water partition coefficient (Wildman–Crippen LogP) is 0.194. The Balaban J connectivity index is 1.80. The van der Waals surface area contributed by atoms with Crippen LogP contribution in [0.4, 0.5) is 0 Å². The van der Waals surface area contributed by atoms with Crippen molar-refractivity contribution in [2.75, 3.05) is 39.8 Å². The highest BCUT2D eigenvalue weighted by molar-refractivity contribution is 5.52. The van der Waals surface area contributed by atoms with Gasteiger partial charge < -0.3 is 9.64 Å². The maximum atomic E-state index is 5.71. The monoisotopic (exact) mass is 183 g/mol. The summed E-state index contributed by atoms with van der Waals surface area (Å²) in [7, 11) is 2.17. The Hall–Kier alpha value is -0.410. The molecule has 2 aliphatic rings. The molecule has 1 saturated heterocycles. The molecule has 0 aromatic carbocycles.